The highest BCUT2D eigenvalue weighted by Crippen LogP contribution is 2.18. The first-order valence-corrected chi connectivity index (χ1v) is 6.48. The summed E-state index contributed by atoms with van der Waals surface area (Å²) in [6.07, 6.45) is 3.35. The van der Waals surface area contributed by atoms with Crippen LogP contribution in [0.3, 0.4) is 0 Å². The van der Waals surface area contributed by atoms with Crippen molar-refractivity contribution in [3.8, 4) is 0 Å². The molecule has 1 atom stereocenters. The number of likely N-dealkylation sites (N-methyl/N-ethyl adjacent to an activating group) is 2. The van der Waals surface area contributed by atoms with Crippen LogP contribution in [0.2, 0.25) is 0 Å². The van der Waals surface area contributed by atoms with Crippen LogP contribution in [-0.4, -0.2) is 46.7 Å². The lowest BCUT2D eigenvalue weighted by Crippen LogP contribution is -2.44. The Morgan fingerprint density at radius 2 is 1.68 bits per heavy atom. The average Bonchev–Trinajstić information content (AvgIpc) is 2.47. The largest absolute Gasteiger partial charge is 0.335 e. The first kappa shape index (κ1) is 15.1. The second-order valence-corrected chi connectivity index (χ2v) is 4.35. The molecule has 0 fully saturated rings. The first-order chi connectivity index (χ1) is 9.02. The molecule has 19 heavy (non-hydrogen) atoms. The minimum atomic E-state index is -0.479. The number of carbonyl (C=O) groups excluding carboxylic acids is 2. The van der Waals surface area contributed by atoms with Crippen LogP contribution >= 0.6 is 0 Å². The van der Waals surface area contributed by atoms with Crippen molar-refractivity contribution < 1.29 is 9.59 Å². The molecule has 0 unspecified atom stereocenters. The predicted octanol–water partition coefficient (Wildman–Crippen LogP) is 1.47. The molecule has 0 aliphatic heterocycles. The van der Waals surface area contributed by atoms with Crippen LogP contribution in [0.5, 0.6) is 0 Å². The van der Waals surface area contributed by atoms with E-state index in [0.717, 1.165) is 5.56 Å². The van der Waals surface area contributed by atoms with Crippen LogP contribution in [0.1, 0.15) is 32.4 Å². The highest BCUT2D eigenvalue weighted by Gasteiger charge is 2.26. The van der Waals surface area contributed by atoms with Gasteiger partial charge in [0.2, 0.25) is 0 Å². The second-order valence-electron chi connectivity index (χ2n) is 4.35. The summed E-state index contributed by atoms with van der Waals surface area (Å²) in [7, 11) is 1.65. The van der Waals surface area contributed by atoms with Crippen LogP contribution < -0.4 is 0 Å². The topological polar surface area (TPSA) is 53.5 Å². The van der Waals surface area contributed by atoms with Gasteiger partial charge in [-0.3, -0.25) is 14.6 Å². The Morgan fingerprint density at radius 3 is 2.16 bits per heavy atom. The number of nitrogens with zero attached hydrogens (tertiary/aromatic N) is 3. The van der Waals surface area contributed by atoms with E-state index in [4.69, 9.17) is 0 Å². The molecule has 0 N–H and O–H groups in total. The standard InChI is InChI=1S/C14H21N3O2/c1-5-17(6-2)14(19)13(18)16(4)11(3)12-7-9-15-10-8-12/h7-11H,5-6H2,1-4H3/t11-/m1/s1. The summed E-state index contributed by atoms with van der Waals surface area (Å²) in [4.78, 5) is 31.1. The van der Waals surface area contributed by atoms with Gasteiger partial charge in [-0.15, -0.1) is 0 Å². The van der Waals surface area contributed by atoms with E-state index in [-0.39, 0.29) is 6.04 Å². The third-order valence-electron chi connectivity index (χ3n) is 3.32. The molecule has 2 amide bonds. The smallest absolute Gasteiger partial charge is 0.312 e. The lowest BCUT2D eigenvalue weighted by atomic mass is 10.1. The second kappa shape index (κ2) is 6.87. The van der Waals surface area contributed by atoms with E-state index in [0.29, 0.717) is 13.1 Å². The summed E-state index contributed by atoms with van der Waals surface area (Å²) in [5, 5.41) is 0. The fourth-order valence-electron chi connectivity index (χ4n) is 1.84. The summed E-state index contributed by atoms with van der Waals surface area (Å²) < 4.78 is 0. The maximum atomic E-state index is 12.1. The molecule has 0 aliphatic rings. The Hall–Kier alpha value is -1.91. The zero-order chi connectivity index (χ0) is 14.4. The van der Waals surface area contributed by atoms with Crippen molar-refractivity contribution in [1.29, 1.82) is 0 Å². The van der Waals surface area contributed by atoms with Gasteiger partial charge in [0.15, 0.2) is 0 Å². The predicted molar refractivity (Wildman–Crippen MR) is 73.4 cm³/mol. The molecule has 5 nitrogen and oxygen atoms in total. The molecule has 0 bridgehead atoms. The average molecular weight is 263 g/mol. The lowest BCUT2D eigenvalue weighted by molar-refractivity contribution is -0.152. The van der Waals surface area contributed by atoms with Crippen LogP contribution in [0, 0.1) is 0 Å². The van der Waals surface area contributed by atoms with Gasteiger partial charge in [0.1, 0.15) is 0 Å². The number of hydrogen-bond donors (Lipinski definition) is 0. The van der Waals surface area contributed by atoms with Crippen molar-refractivity contribution in [2.75, 3.05) is 20.1 Å². The maximum absolute atomic E-state index is 12.1. The summed E-state index contributed by atoms with van der Waals surface area (Å²) in [6.45, 7) is 6.70. The summed E-state index contributed by atoms with van der Waals surface area (Å²) in [6, 6.07) is 3.53. The van der Waals surface area contributed by atoms with Gasteiger partial charge in [-0.2, -0.15) is 0 Å². The van der Waals surface area contributed by atoms with Crippen LogP contribution in [0.15, 0.2) is 24.5 Å². The molecule has 1 rings (SSSR count). The van der Waals surface area contributed by atoms with Crippen molar-refractivity contribution in [3.05, 3.63) is 30.1 Å². The molecular weight excluding hydrogens is 242 g/mol. The lowest BCUT2D eigenvalue weighted by Gasteiger charge is -2.27. The molecule has 0 saturated heterocycles. The molecule has 104 valence electrons. The highest BCUT2D eigenvalue weighted by molar-refractivity contribution is 6.34. The van der Waals surface area contributed by atoms with E-state index in [2.05, 4.69) is 4.98 Å². The monoisotopic (exact) mass is 263 g/mol. The number of amides is 2. The summed E-state index contributed by atoms with van der Waals surface area (Å²) in [5.41, 5.74) is 0.957. The van der Waals surface area contributed by atoms with Gasteiger partial charge in [-0.05, 0) is 38.5 Å². The molecular formula is C14H21N3O2. The van der Waals surface area contributed by atoms with Gasteiger partial charge < -0.3 is 9.80 Å². The SMILES string of the molecule is CCN(CC)C(=O)C(=O)N(C)[C@H](C)c1ccncc1. The van der Waals surface area contributed by atoms with Crippen molar-refractivity contribution in [2.24, 2.45) is 0 Å². The number of rotatable bonds is 4. The molecule has 0 aliphatic carbocycles. The number of pyridine rings is 1. The van der Waals surface area contributed by atoms with Gasteiger partial charge in [-0.1, -0.05) is 0 Å². The van der Waals surface area contributed by atoms with E-state index in [1.54, 1.807) is 19.4 Å². The van der Waals surface area contributed by atoms with Crippen molar-refractivity contribution in [1.82, 2.24) is 14.8 Å². The van der Waals surface area contributed by atoms with Crippen LogP contribution in [0.25, 0.3) is 0 Å². The number of carbonyl (C=O) groups is 2. The van der Waals surface area contributed by atoms with Gasteiger partial charge >= 0.3 is 11.8 Å². The van der Waals surface area contributed by atoms with Crippen molar-refractivity contribution >= 4 is 11.8 Å². The van der Waals surface area contributed by atoms with E-state index in [9.17, 15) is 9.59 Å². The first-order valence-electron chi connectivity index (χ1n) is 6.48. The minimum Gasteiger partial charge on any atom is -0.335 e. The Morgan fingerprint density at radius 1 is 1.16 bits per heavy atom. The Kier molecular flexibility index (Phi) is 5.48. The van der Waals surface area contributed by atoms with Gasteiger partial charge in [0.25, 0.3) is 0 Å². The van der Waals surface area contributed by atoms with E-state index in [1.165, 1.54) is 9.80 Å². The fraction of sp³-hybridized carbons (Fsp3) is 0.500. The van der Waals surface area contributed by atoms with Crippen molar-refractivity contribution in [2.45, 2.75) is 26.8 Å². The zero-order valence-electron chi connectivity index (χ0n) is 12.0. The fourth-order valence-corrected chi connectivity index (χ4v) is 1.84. The van der Waals surface area contributed by atoms with Gasteiger partial charge in [-0.25, -0.2) is 0 Å². The molecule has 0 aromatic carbocycles. The molecule has 1 heterocycles. The van der Waals surface area contributed by atoms with E-state index >= 15 is 0 Å². The van der Waals surface area contributed by atoms with Crippen LogP contribution in [-0.2, 0) is 9.59 Å². The van der Waals surface area contributed by atoms with Crippen LogP contribution in [0.4, 0.5) is 0 Å². The molecule has 5 heteroatoms. The maximum Gasteiger partial charge on any atom is 0.312 e. The van der Waals surface area contributed by atoms with E-state index in [1.807, 2.05) is 32.9 Å². The third-order valence-corrected chi connectivity index (χ3v) is 3.32. The third kappa shape index (κ3) is 3.53. The number of aromatic nitrogens is 1. The normalized spacial score (nSPS) is 11.8. The highest BCUT2D eigenvalue weighted by atomic mass is 16.2. The quantitative estimate of drug-likeness (QED) is 0.773. The Balaban J connectivity index is 2.80. The molecule has 1 aromatic heterocycles. The molecule has 0 saturated carbocycles. The Bertz CT molecular complexity index is 430. The van der Waals surface area contributed by atoms with Gasteiger partial charge in [0.05, 0.1) is 6.04 Å². The Labute approximate surface area is 114 Å². The molecule has 0 radical (unpaired) electrons. The molecule has 1 aromatic rings. The zero-order valence-corrected chi connectivity index (χ0v) is 12.0. The minimum absolute atomic E-state index is 0.157. The summed E-state index contributed by atoms with van der Waals surface area (Å²) in [5.74, 6) is -0.929. The van der Waals surface area contributed by atoms with E-state index < -0.39 is 11.8 Å². The molecule has 0 spiro atoms. The summed E-state index contributed by atoms with van der Waals surface area (Å²) >= 11 is 0. The number of hydrogen-bond acceptors (Lipinski definition) is 3. The van der Waals surface area contributed by atoms with Gasteiger partial charge in [0, 0.05) is 32.5 Å². The van der Waals surface area contributed by atoms with Crippen molar-refractivity contribution in [3.63, 3.8) is 0 Å².